The monoisotopic (exact) mass is 411 g/mol. The first kappa shape index (κ1) is 21.4. The molecule has 0 aromatic heterocycles. The zero-order chi connectivity index (χ0) is 21.8. The average Bonchev–Trinajstić information content (AvgIpc) is 3.01. The second-order valence-corrected chi connectivity index (χ2v) is 7.42. The van der Waals surface area contributed by atoms with Crippen molar-refractivity contribution >= 4 is 17.4 Å². The molecule has 158 valence electrons. The fraction of sp³-hybridized carbons (Fsp3) is 0.304. The Hall–Kier alpha value is -3.32. The number of amides is 1. The van der Waals surface area contributed by atoms with E-state index in [4.69, 9.17) is 9.47 Å². The molecule has 1 fully saturated rings. The molecular weight excluding hydrogens is 384 g/mol. The number of carbonyl (C=O) groups excluding carboxylic acids is 2. The largest absolute Gasteiger partial charge is 0.507 e. The Labute approximate surface area is 176 Å². The molecule has 1 saturated heterocycles. The van der Waals surface area contributed by atoms with Crippen LogP contribution in [0.2, 0.25) is 0 Å². The van der Waals surface area contributed by atoms with Gasteiger partial charge >= 0.3 is 0 Å². The van der Waals surface area contributed by atoms with Crippen LogP contribution in [0.1, 0.15) is 17.2 Å². The molecule has 1 aliphatic heterocycles. The predicted octanol–water partition coefficient (Wildman–Crippen LogP) is 1.27. The number of ketones is 1. The summed E-state index contributed by atoms with van der Waals surface area (Å²) in [6, 6.07) is 13.2. The first-order valence-electron chi connectivity index (χ1n) is 9.73. The number of likely N-dealkylation sites (tertiary alicyclic amines) is 1. The maximum absolute atomic E-state index is 13.0. The van der Waals surface area contributed by atoms with Crippen molar-refractivity contribution in [3.8, 4) is 11.5 Å². The molecule has 30 heavy (non-hydrogen) atoms. The van der Waals surface area contributed by atoms with Crippen LogP contribution in [0.3, 0.4) is 0 Å². The molecule has 2 aromatic carbocycles. The number of rotatable bonds is 7. The van der Waals surface area contributed by atoms with Gasteiger partial charge in [-0.3, -0.25) is 9.59 Å². The minimum Gasteiger partial charge on any atom is -0.507 e. The summed E-state index contributed by atoms with van der Waals surface area (Å²) in [7, 11) is 7.02. The van der Waals surface area contributed by atoms with Gasteiger partial charge < -0.3 is 24.4 Å². The molecule has 0 aliphatic carbocycles. The minimum atomic E-state index is -0.783. The van der Waals surface area contributed by atoms with Gasteiger partial charge in [-0.25, -0.2) is 0 Å². The Morgan fingerprint density at radius 2 is 1.77 bits per heavy atom. The molecule has 1 aliphatic rings. The highest BCUT2D eigenvalue weighted by Crippen LogP contribution is 2.43. The number of methoxy groups -OCH3 is 2. The van der Waals surface area contributed by atoms with Crippen LogP contribution >= 0.6 is 0 Å². The Morgan fingerprint density at radius 1 is 1.07 bits per heavy atom. The Morgan fingerprint density at radius 3 is 2.37 bits per heavy atom. The van der Waals surface area contributed by atoms with Gasteiger partial charge in [0.15, 0.2) is 0 Å². The van der Waals surface area contributed by atoms with Crippen LogP contribution in [0.15, 0.2) is 54.1 Å². The number of hydrogen-bond acceptors (Lipinski definition) is 5. The number of likely N-dealkylation sites (N-methyl/N-ethyl adjacent to an activating group) is 1. The zero-order valence-electron chi connectivity index (χ0n) is 17.6. The number of aliphatic hydroxyl groups is 1. The summed E-state index contributed by atoms with van der Waals surface area (Å²) >= 11 is 0. The molecule has 1 heterocycles. The first-order valence-corrected chi connectivity index (χ1v) is 9.73. The van der Waals surface area contributed by atoms with E-state index in [-0.39, 0.29) is 11.3 Å². The second-order valence-electron chi connectivity index (χ2n) is 7.42. The Bertz CT molecular complexity index is 969. The molecule has 1 atom stereocenters. The average molecular weight is 411 g/mol. The molecule has 7 heteroatoms. The van der Waals surface area contributed by atoms with E-state index < -0.39 is 17.7 Å². The first-order chi connectivity index (χ1) is 14.4. The predicted molar refractivity (Wildman–Crippen MR) is 113 cm³/mol. The van der Waals surface area contributed by atoms with Gasteiger partial charge in [0.1, 0.15) is 17.3 Å². The van der Waals surface area contributed by atoms with Crippen molar-refractivity contribution in [2.45, 2.75) is 6.04 Å². The van der Waals surface area contributed by atoms with E-state index in [0.29, 0.717) is 35.7 Å². The van der Waals surface area contributed by atoms with Crippen molar-refractivity contribution in [2.24, 2.45) is 0 Å². The SMILES string of the molecule is COc1ccc(OC)c([C@H]2C(=C(O)c3ccccc3)C(=O)C(=O)N2CC[NH+](C)C)c1. The van der Waals surface area contributed by atoms with Crippen molar-refractivity contribution in [3.05, 3.63) is 65.2 Å². The van der Waals surface area contributed by atoms with Gasteiger partial charge in [0.05, 0.1) is 53.0 Å². The summed E-state index contributed by atoms with van der Waals surface area (Å²) in [6.45, 7) is 0.991. The molecule has 3 rings (SSSR count). The van der Waals surface area contributed by atoms with Crippen LogP contribution in [0.5, 0.6) is 11.5 Å². The molecule has 2 N–H and O–H groups in total. The van der Waals surface area contributed by atoms with Gasteiger partial charge in [0.25, 0.3) is 11.7 Å². The Kier molecular flexibility index (Phi) is 6.42. The fourth-order valence-electron chi connectivity index (χ4n) is 3.58. The highest BCUT2D eigenvalue weighted by atomic mass is 16.5. The number of quaternary nitrogens is 1. The van der Waals surface area contributed by atoms with E-state index in [2.05, 4.69) is 0 Å². The van der Waals surface area contributed by atoms with E-state index in [1.165, 1.54) is 12.0 Å². The van der Waals surface area contributed by atoms with E-state index in [9.17, 15) is 14.7 Å². The number of ether oxygens (including phenoxy) is 2. The highest BCUT2D eigenvalue weighted by molar-refractivity contribution is 6.46. The van der Waals surface area contributed by atoms with Crippen LogP contribution in [0.4, 0.5) is 0 Å². The maximum atomic E-state index is 13.0. The smallest absolute Gasteiger partial charge is 0.295 e. The number of nitrogens with one attached hydrogen (secondary N) is 1. The summed E-state index contributed by atoms with van der Waals surface area (Å²) in [5.74, 6) is -0.481. The lowest BCUT2D eigenvalue weighted by molar-refractivity contribution is -0.857. The van der Waals surface area contributed by atoms with E-state index in [0.717, 1.165) is 4.90 Å². The maximum Gasteiger partial charge on any atom is 0.295 e. The number of hydrogen-bond donors (Lipinski definition) is 2. The summed E-state index contributed by atoms with van der Waals surface area (Å²) in [6.07, 6.45) is 0. The summed E-state index contributed by atoms with van der Waals surface area (Å²) in [5.41, 5.74) is 1.11. The Balaban J connectivity index is 2.23. The molecule has 2 aromatic rings. The van der Waals surface area contributed by atoms with Crippen LogP contribution < -0.4 is 14.4 Å². The zero-order valence-corrected chi connectivity index (χ0v) is 17.6. The third kappa shape index (κ3) is 4.02. The molecule has 0 radical (unpaired) electrons. The lowest BCUT2D eigenvalue weighted by Crippen LogP contribution is -3.06. The summed E-state index contributed by atoms with van der Waals surface area (Å²) < 4.78 is 10.9. The van der Waals surface area contributed by atoms with Crippen LogP contribution in [-0.4, -0.2) is 63.1 Å². The molecule has 0 spiro atoms. The van der Waals surface area contributed by atoms with Crippen molar-refractivity contribution in [3.63, 3.8) is 0 Å². The minimum absolute atomic E-state index is 0.0477. The number of benzene rings is 2. The van der Waals surface area contributed by atoms with Gasteiger partial charge in [0, 0.05) is 11.1 Å². The molecule has 1 amide bonds. The molecule has 7 nitrogen and oxygen atoms in total. The van der Waals surface area contributed by atoms with Crippen molar-refractivity contribution in [1.29, 1.82) is 0 Å². The van der Waals surface area contributed by atoms with Gasteiger partial charge in [-0.1, -0.05) is 30.3 Å². The quantitative estimate of drug-likeness (QED) is 0.408. The standard InChI is InChI=1S/C23H26N2O5/c1-24(2)12-13-25-20(17-14-16(29-3)10-11-18(17)30-4)19(22(27)23(25)28)21(26)15-8-6-5-7-9-15/h5-11,14,20,26H,12-13H2,1-4H3/p+1/t20-/m0/s1. The number of nitrogens with zero attached hydrogens (tertiary/aromatic N) is 1. The van der Waals surface area contributed by atoms with Crippen molar-refractivity contribution in [1.82, 2.24) is 4.90 Å². The molecular formula is C23H27N2O5+. The van der Waals surface area contributed by atoms with Crippen LogP contribution in [0.25, 0.3) is 5.76 Å². The lowest BCUT2D eigenvalue weighted by Gasteiger charge is -2.27. The van der Waals surface area contributed by atoms with E-state index in [1.807, 2.05) is 20.2 Å². The van der Waals surface area contributed by atoms with Gasteiger partial charge in [-0.05, 0) is 18.2 Å². The summed E-state index contributed by atoms with van der Waals surface area (Å²) in [5, 5.41) is 11.0. The molecule has 0 saturated carbocycles. The van der Waals surface area contributed by atoms with Gasteiger partial charge in [-0.15, -0.1) is 0 Å². The third-order valence-corrected chi connectivity index (χ3v) is 5.17. The van der Waals surface area contributed by atoms with Crippen LogP contribution in [-0.2, 0) is 9.59 Å². The molecule has 0 bridgehead atoms. The molecule has 0 unspecified atom stereocenters. The third-order valence-electron chi connectivity index (χ3n) is 5.17. The van der Waals surface area contributed by atoms with Crippen LogP contribution in [0, 0.1) is 0 Å². The summed E-state index contributed by atoms with van der Waals surface area (Å²) in [4.78, 5) is 28.6. The van der Waals surface area contributed by atoms with E-state index >= 15 is 0 Å². The number of Topliss-reactive ketones (excluding diaryl/α,β-unsaturated/α-hetero) is 1. The normalized spacial score (nSPS) is 18.2. The number of carbonyl (C=O) groups is 2. The second kappa shape index (κ2) is 9.00. The fourth-order valence-corrected chi connectivity index (χ4v) is 3.58. The number of aliphatic hydroxyl groups excluding tert-OH is 1. The van der Waals surface area contributed by atoms with Crippen molar-refractivity contribution < 1.29 is 29.1 Å². The van der Waals surface area contributed by atoms with Gasteiger partial charge in [0.2, 0.25) is 0 Å². The van der Waals surface area contributed by atoms with E-state index in [1.54, 1.807) is 49.6 Å². The topological polar surface area (TPSA) is 80.5 Å². The highest BCUT2D eigenvalue weighted by Gasteiger charge is 2.47. The van der Waals surface area contributed by atoms with Gasteiger partial charge in [-0.2, -0.15) is 0 Å². The van der Waals surface area contributed by atoms with Crippen molar-refractivity contribution in [2.75, 3.05) is 41.4 Å². The lowest BCUT2D eigenvalue weighted by atomic mass is 9.94.